The molecule has 0 aliphatic carbocycles. The largest absolute Gasteiger partial charge is 0.481 e. The molecule has 3 N–H and O–H groups in total. The van der Waals surface area contributed by atoms with Crippen LogP contribution in [0.3, 0.4) is 0 Å². The fourth-order valence-electron chi connectivity index (χ4n) is 3.12. The number of carboxylic acid groups (broad SMARTS) is 1. The number of aromatic nitrogens is 1. The van der Waals surface area contributed by atoms with E-state index in [4.69, 9.17) is 32.6 Å². The number of amides is 1. The van der Waals surface area contributed by atoms with Gasteiger partial charge in [0.2, 0.25) is 12.0 Å². The molecule has 0 unspecified atom stereocenters. The topological polar surface area (TPSA) is 142 Å². The second-order valence-corrected chi connectivity index (χ2v) is 7.62. The fourth-order valence-corrected chi connectivity index (χ4v) is 3.12. The number of ether oxygens (including phenoxy) is 2. The van der Waals surface area contributed by atoms with Crippen LogP contribution in [0, 0.1) is 11.6 Å². The molecule has 2 aromatic carbocycles. The number of benzene rings is 2. The van der Waals surface area contributed by atoms with Gasteiger partial charge in [-0.25, -0.2) is 13.8 Å². The summed E-state index contributed by atoms with van der Waals surface area (Å²) in [6, 6.07) is 5.19. The molecule has 198 valence electrons. The number of nitrogens with zero attached hydrogens (tertiary/aromatic N) is 1. The summed E-state index contributed by atoms with van der Waals surface area (Å²) in [4.78, 5) is 38.1. The molecule has 0 saturated carbocycles. The number of nitrogens with two attached hydrogens (primary N) is 1. The summed E-state index contributed by atoms with van der Waals surface area (Å²) in [7, 11) is 5.81. The maximum Gasteiger partial charge on any atom is 0.416 e. The van der Waals surface area contributed by atoms with Crippen molar-refractivity contribution in [2.75, 3.05) is 6.61 Å². The van der Waals surface area contributed by atoms with Crippen LogP contribution in [0.5, 0.6) is 5.75 Å². The van der Waals surface area contributed by atoms with Crippen LogP contribution >= 0.6 is 0 Å². The lowest BCUT2D eigenvalue weighted by Crippen LogP contribution is -2.21. The predicted octanol–water partition coefficient (Wildman–Crippen LogP) is 3.06. The molecule has 3 aromatic rings. The summed E-state index contributed by atoms with van der Waals surface area (Å²) >= 11 is 0. The van der Waals surface area contributed by atoms with Crippen molar-refractivity contribution in [3.8, 4) is 17.0 Å². The minimum Gasteiger partial charge on any atom is -0.481 e. The predicted molar refractivity (Wildman–Crippen MR) is 118 cm³/mol. The van der Waals surface area contributed by atoms with Crippen molar-refractivity contribution in [1.29, 1.82) is 0 Å². The number of oxazole rings is 1. The highest BCUT2D eigenvalue weighted by Crippen LogP contribution is 2.32. The van der Waals surface area contributed by atoms with E-state index in [0.29, 0.717) is 6.07 Å². The number of hydrogen-bond acceptors (Lipinski definition) is 7. The molecule has 0 aliphatic heterocycles. The smallest absolute Gasteiger partial charge is 0.416 e. The molecule has 0 bridgehead atoms. The van der Waals surface area contributed by atoms with Gasteiger partial charge >= 0.3 is 18.1 Å². The van der Waals surface area contributed by atoms with Gasteiger partial charge in [-0.2, -0.15) is 13.2 Å². The van der Waals surface area contributed by atoms with Gasteiger partial charge in [0.1, 0.15) is 23.7 Å². The maximum atomic E-state index is 14.7. The second-order valence-electron chi connectivity index (χ2n) is 7.62. The Bertz CT molecular complexity index is 1360. The molecule has 0 aliphatic rings. The zero-order chi connectivity index (χ0) is 28.2. The van der Waals surface area contributed by atoms with Crippen molar-refractivity contribution in [3.63, 3.8) is 0 Å². The van der Waals surface area contributed by atoms with Crippen LogP contribution in [0.25, 0.3) is 11.3 Å². The third kappa shape index (κ3) is 6.66. The molecule has 0 fully saturated rings. The number of carbonyl (C=O) groups excluding carboxylic acids is 2. The van der Waals surface area contributed by atoms with E-state index < -0.39 is 84.0 Å². The molecule has 9 nitrogen and oxygen atoms in total. The lowest BCUT2D eigenvalue weighted by Gasteiger charge is -2.17. The van der Waals surface area contributed by atoms with Crippen LogP contribution in [0.4, 0.5) is 22.0 Å². The molecule has 1 amide bonds. The minimum atomic E-state index is -4.59. The van der Waals surface area contributed by atoms with E-state index in [2.05, 4.69) is 4.98 Å². The second kappa shape index (κ2) is 11.3. The SMILES string of the molecule is [B]c1oc([C@@H](COC(=O)CCC(=O)O)Oc2ccc(F)c(C(N)=O)c2F)nc1-c1ccc(C(F)(F)F)cc1. The Labute approximate surface area is 211 Å². The maximum absolute atomic E-state index is 14.7. The number of esters is 1. The molecule has 3 rings (SSSR count). The Morgan fingerprint density at radius 1 is 1.08 bits per heavy atom. The van der Waals surface area contributed by atoms with E-state index in [0.717, 1.165) is 30.3 Å². The summed E-state index contributed by atoms with van der Waals surface area (Å²) in [6.45, 7) is -0.742. The normalized spacial score (nSPS) is 12.1. The highest BCUT2D eigenvalue weighted by molar-refractivity contribution is 6.33. The first kappa shape index (κ1) is 28.2. The third-order valence-electron chi connectivity index (χ3n) is 4.94. The Kier molecular flexibility index (Phi) is 8.38. The number of rotatable bonds is 10. The average Bonchev–Trinajstić information content (AvgIpc) is 3.22. The van der Waals surface area contributed by atoms with Gasteiger partial charge in [-0.15, -0.1) is 0 Å². The molecule has 0 spiro atoms. The van der Waals surface area contributed by atoms with Crippen molar-refractivity contribution in [3.05, 3.63) is 65.1 Å². The molecule has 0 saturated heterocycles. The van der Waals surface area contributed by atoms with Crippen molar-refractivity contribution >= 4 is 31.4 Å². The molecular weight excluding hydrogens is 522 g/mol. The third-order valence-corrected chi connectivity index (χ3v) is 4.94. The summed E-state index contributed by atoms with van der Waals surface area (Å²) in [5.74, 6) is -7.62. The van der Waals surface area contributed by atoms with Gasteiger partial charge in [0.15, 0.2) is 19.4 Å². The number of carboxylic acids is 1. The van der Waals surface area contributed by atoms with E-state index >= 15 is 0 Å². The Balaban J connectivity index is 1.95. The van der Waals surface area contributed by atoms with Crippen LogP contribution in [0.2, 0.25) is 0 Å². The average molecular weight is 538 g/mol. The number of alkyl halides is 3. The molecule has 38 heavy (non-hydrogen) atoms. The van der Waals surface area contributed by atoms with E-state index in [9.17, 15) is 36.3 Å². The quantitative estimate of drug-likeness (QED) is 0.228. The van der Waals surface area contributed by atoms with Gasteiger partial charge in [-0.3, -0.25) is 14.4 Å². The van der Waals surface area contributed by atoms with Crippen molar-refractivity contribution < 1.29 is 55.3 Å². The first-order valence-corrected chi connectivity index (χ1v) is 10.5. The van der Waals surface area contributed by atoms with Gasteiger partial charge in [0.25, 0.3) is 5.91 Å². The zero-order valence-corrected chi connectivity index (χ0v) is 19.1. The number of carbonyl (C=O) groups is 3. The minimum absolute atomic E-state index is 0.103. The van der Waals surface area contributed by atoms with Crippen LogP contribution in [0.1, 0.15) is 40.8 Å². The first-order chi connectivity index (χ1) is 17.8. The van der Waals surface area contributed by atoms with E-state index in [1.54, 1.807) is 0 Å². The van der Waals surface area contributed by atoms with Crippen LogP contribution in [-0.4, -0.2) is 42.4 Å². The van der Waals surface area contributed by atoms with Gasteiger partial charge in [-0.05, 0) is 24.3 Å². The van der Waals surface area contributed by atoms with Crippen molar-refractivity contribution in [1.82, 2.24) is 4.98 Å². The Hall–Kier alpha value is -4.43. The van der Waals surface area contributed by atoms with Crippen molar-refractivity contribution in [2.24, 2.45) is 5.73 Å². The summed E-state index contributed by atoms with van der Waals surface area (Å²) < 4.78 is 82.9. The van der Waals surface area contributed by atoms with E-state index in [-0.39, 0.29) is 16.9 Å². The number of hydrogen-bond donors (Lipinski definition) is 2. The van der Waals surface area contributed by atoms with Crippen LogP contribution in [0.15, 0.2) is 40.8 Å². The molecule has 1 atom stereocenters. The van der Waals surface area contributed by atoms with Gasteiger partial charge in [0.05, 0.1) is 24.1 Å². The number of halogens is 5. The zero-order valence-electron chi connectivity index (χ0n) is 19.1. The monoisotopic (exact) mass is 538 g/mol. The molecule has 1 heterocycles. The van der Waals surface area contributed by atoms with Crippen LogP contribution < -0.4 is 16.1 Å². The molecule has 1 aromatic heterocycles. The highest BCUT2D eigenvalue weighted by atomic mass is 19.4. The molecule has 15 heteroatoms. The molecule has 2 radical (unpaired) electrons. The van der Waals surface area contributed by atoms with Crippen molar-refractivity contribution in [2.45, 2.75) is 25.1 Å². The van der Waals surface area contributed by atoms with Gasteiger partial charge < -0.3 is 24.7 Å². The Morgan fingerprint density at radius 2 is 1.74 bits per heavy atom. The summed E-state index contributed by atoms with van der Waals surface area (Å²) in [5.41, 5.74) is 2.54. The summed E-state index contributed by atoms with van der Waals surface area (Å²) in [5, 5.41) is 8.70. The Morgan fingerprint density at radius 3 is 2.32 bits per heavy atom. The van der Waals surface area contributed by atoms with Gasteiger partial charge in [-0.1, -0.05) is 12.1 Å². The highest BCUT2D eigenvalue weighted by Gasteiger charge is 2.31. The summed E-state index contributed by atoms with van der Waals surface area (Å²) in [6.07, 6.45) is -7.26. The lowest BCUT2D eigenvalue weighted by molar-refractivity contribution is -0.149. The first-order valence-electron chi connectivity index (χ1n) is 10.5. The number of primary amides is 1. The standard InChI is InChI=1S/C23H16BF5N2O7/c24-20-19(10-1-3-11(4-2-10)23(27,28)29)31-22(38-20)14(9-36-16(34)8-7-15(32)33)37-13-6-5-12(25)17(18(13)26)21(30)35/h1-6,14H,7-9H2,(H2,30,35)(H,32,33)/t14-/m1/s1. The van der Waals surface area contributed by atoms with Gasteiger partial charge in [0, 0.05) is 5.56 Å². The molecular formula is C23H16BF5N2O7. The van der Waals surface area contributed by atoms with E-state index in [1.165, 1.54) is 0 Å². The van der Waals surface area contributed by atoms with Crippen LogP contribution in [-0.2, 0) is 20.5 Å². The number of aliphatic carboxylic acids is 1. The fraction of sp³-hybridized carbons (Fsp3) is 0.217. The van der Waals surface area contributed by atoms with E-state index in [1.807, 2.05) is 0 Å². The lowest BCUT2D eigenvalue weighted by atomic mass is 9.98.